The van der Waals surface area contributed by atoms with Gasteiger partial charge in [-0.1, -0.05) is 24.8 Å². The van der Waals surface area contributed by atoms with E-state index in [-0.39, 0.29) is 11.8 Å². The Labute approximate surface area is 83.6 Å². The van der Waals surface area contributed by atoms with E-state index in [1.807, 2.05) is 24.3 Å². The summed E-state index contributed by atoms with van der Waals surface area (Å²) in [6, 6.07) is 7.91. The number of carbonyl (C=O) groups excluding carboxylic acids is 1. The molecule has 1 aromatic rings. The van der Waals surface area contributed by atoms with Gasteiger partial charge in [-0.2, -0.15) is 0 Å². The molecule has 0 saturated heterocycles. The summed E-state index contributed by atoms with van der Waals surface area (Å²) < 4.78 is 0. The Morgan fingerprint density at radius 1 is 1.50 bits per heavy atom. The third kappa shape index (κ3) is 1.43. The van der Waals surface area contributed by atoms with Crippen LogP contribution in [0, 0.1) is 0 Å². The molecule has 72 valence electrons. The zero-order valence-electron chi connectivity index (χ0n) is 8.21. The molecule has 2 rings (SSSR count). The van der Waals surface area contributed by atoms with Gasteiger partial charge >= 0.3 is 0 Å². The van der Waals surface area contributed by atoms with E-state index in [0.717, 1.165) is 12.1 Å². The predicted molar refractivity (Wildman–Crippen MR) is 57.4 cm³/mol. The van der Waals surface area contributed by atoms with E-state index in [9.17, 15) is 4.79 Å². The van der Waals surface area contributed by atoms with Crippen molar-refractivity contribution in [2.75, 3.05) is 5.32 Å². The second-order valence-electron chi connectivity index (χ2n) is 3.70. The summed E-state index contributed by atoms with van der Waals surface area (Å²) in [4.78, 5) is 11.7. The standard InChI is InChI=1S/C12H13NO/c1-8(2)12(14)11-7-9-5-3-4-6-10(9)13-11/h3-6,11,13H,1,7H2,2H3. The van der Waals surface area contributed by atoms with E-state index < -0.39 is 0 Å². The molecule has 1 aliphatic heterocycles. The average Bonchev–Trinajstić information content (AvgIpc) is 2.59. The molecule has 0 amide bonds. The van der Waals surface area contributed by atoms with E-state index in [1.54, 1.807) is 6.92 Å². The van der Waals surface area contributed by atoms with Crippen molar-refractivity contribution < 1.29 is 4.79 Å². The van der Waals surface area contributed by atoms with Gasteiger partial charge in [-0.3, -0.25) is 4.79 Å². The summed E-state index contributed by atoms with van der Waals surface area (Å²) in [5, 5.41) is 3.21. The molecule has 1 aliphatic rings. The molecule has 14 heavy (non-hydrogen) atoms. The number of Topliss-reactive ketones (excluding diaryl/α,β-unsaturated/α-hetero) is 1. The van der Waals surface area contributed by atoms with Crippen LogP contribution in [-0.2, 0) is 11.2 Å². The number of rotatable bonds is 2. The lowest BCUT2D eigenvalue weighted by Gasteiger charge is -2.08. The van der Waals surface area contributed by atoms with Gasteiger partial charge in [-0.25, -0.2) is 0 Å². The third-order valence-corrected chi connectivity index (χ3v) is 2.51. The van der Waals surface area contributed by atoms with Crippen molar-refractivity contribution in [3.05, 3.63) is 42.0 Å². The second kappa shape index (κ2) is 3.29. The molecule has 0 bridgehead atoms. The zero-order valence-corrected chi connectivity index (χ0v) is 8.21. The maximum Gasteiger partial charge on any atom is 0.180 e. The highest BCUT2D eigenvalue weighted by Gasteiger charge is 2.25. The van der Waals surface area contributed by atoms with Crippen LogP contribution in [0.25, 0.3) is 0 Å². The van der Waals surface area contributed by atoms with Crippen LogP contribution in [0.5, 0.6) is 0 Å². The van der Waals surface area contributed by atoms with Crippen LogP contribution in [0.15, 0.2) is 36.4 Å². The Kier molecular flexibility index (Phi) is 2.12. The van der Waals surface area contributed by atoms with Crippen molar-refractivity contribution in [3.8, 4) is 0 Å². The first-order valence-electron chi connectivity index (χ1n) is 4.72. The first kappa shape index (κ1) is 9.00. The highest BCUT2D eigenvalue weighted by atomic mass is 16.1. The molecule has 0 radical (unpaired) electrons. The topological polar surface area (TPSA) is 29.1 Å². The maximum atomic E-state index is 11.7. The molecule has 1 unspecified atom stereocenters. The minimum atomic E-state index is -0.107. The van der Waals surface area contributed by atoms with Crippen LogP contribution >= 0.6 is 0 Å². The molecule has 1 aromatic carbocycles. The van der Waals surface area contributed by atoms with Crippen LogP contribution in [0.4, 0.5) is 5.69 Å². The van der Waals surface area contributed by atoms with Gasteiger partial charge in [0.05, 0.1) is 6.04 Å². The minimum absolute atomic E-state index is 0.107. The molecule has 2 heteroatoms. The minimum Gasteiger partial charge on any atom is -0.374 e. The summed E-state index contributed by atoms with van der Waals surface area (Å²) in [6.07, 6.45) is 0.780. The van der Waals surface area contributed by atoms with Crippen molar-refractivity contribution in [1.29, 1.82) is 0 Å². The maximum absolute atomic E-state index is 11.7. The first-order chi connectivity index (χ1) is 6.68. The van der Waals surface area contributed by atoms with Crippen LogP contribution in [0.3, 0.4) is 0 Å². The van der Waals surface area contributed by atoms with Gasteiger partial charge in [0.1, 0.15) is 0 Å². The summed E-state index contributed by atoms with van der Waals surface area (Å²) in [7, 11) is 0. The normalized spacial score (nSPS) is 18.5. The lowest BCUT2D eigenvalue weighted by atomic mass is 10.0. The quantitative estimate of drug-likeness (QED) is 0.719. The van der Waals surface area contributed by atoms with Gasteiger partial charge in [0, 0.05) is 12.1 Å². The van der Waals surface area contributed by atoms with Crippen molar-refractivity contribution in [2.45, 2.75) is 19.4 Å². The van der Waals surface area contributed by atoms with Gasteiger partial charge in [0.2, 0.25) is 0 Å². The smallest absolute Gasteiger partial charge is 0.180 e. The van der Waals surface area contributed by atoms with Crippen LogP contribution in [0.2, 0.25) is 0 Å². The number of carbonyl (C=O) groups is 1. The molecule has 2 nitrogen and oxygen atoms in total. The molecular weight excluding hydrogens is 174 g/mol. The van der Waals surface area contributed by atoms with Crippen molar-refractivity contribution in [2.24, 2.45) is 0 Å². The number of hydrogen-bond donors (Lipinski definition) is 1. The monoisotopic (exact) mass is 187 g/mol. The Morgan fingerprint density at radius 3 is 2.86 bits per heavy atom. The Balaban J connectivity index is 2.20. The average molecular weight is 187 g/mol. The molecule has 0 spiro atoms. The van der Waals surface area contributed by atoms with E-state index in [4.69, 9.17) is 0 Å². The summed E-state index contributed by atoms with van der Waals surface area (Å²) in [6.45, 7) is 5.43. The molecule has 0 aliphatic carbocycles. The molecule has 1 atom stereocenters. The van der Waals surface area contributed by atoms with E-state index >= 15 is 0 Å². The van der Waals surface area contributed by atoms with Crippen LogP contribution in [-0.4, -0.2) is 11.8 Å². The lowest BCUT2D eigenvalue weighted by Crippen LogP contribution is -2.27. The number of anilines is 1. The van der Waals surface area contributed by atoms with Gasteiger partial charge in [0.15, 0.2) is 5.78 Å². The number of nitrogens with one attached hydrogen (secondary N) is 1. The fraction of sp³-hybridized carbons (Fsp3) is 0.250. The summed E-state index contributed by atoms with van der Waals surface area (Å²) >= 11 is 0. The fourth-order valence-corrected chi connectivity index (χ4v) is 1.75. The predicted octanol–water partition coefficient (Wildman–Crippen LogP) is 2.17. The molecule has 0 saturated carbocycles. The highest BCUT2D eigenvalue weighted by molar-refractivity contribution is 6.01. The molecule has 0 aromatic heterocycles. The number of benzene rings is 1. The zero-order chi connectivity index (χ0) is 10.1. The fourth-order valence-electron chi connectivity index (χ4n) is 1.75. The highest BCUT2D eigenvalue weighted by Crippen LogP contribution is 2.26. The van der Waals surface area contributed by atoms with Crippen molar-refractivity contribution in [3.63, 3.8) is 0 Å². The lowest BCUT2D eigenvalue weighted by molar-refractivity contribution is -0.116. The van der Waals surface area contributed by atoms with Gasteiger partial charge < -0.3 is 5.32 Å². The summed E-state index contributed by atoms with van der Waals surface area (Å²) in [5.41, 5.74) is 2.91. The molecule has 1 N–H and O–H groups in total. The number of ketones is 1. The Hall–Kier alpha value is -1.57. The Bertz CT molecular complexity index is 370. The Morgan fingerprint density at radius 2 is 2.21 bits per heavy atom. The molecule has 1 heterocycles. The van der Waals surface area contributed by atoms with E-state index in [2.05, 4.69) is 11.9 Å². The second-order valence-corrected chi connectivity index (χ2v) is 3.70. The number of para-hydroxylation sites is 1. The molecular formula is C12H13NO. The van der Waals surface area contributed by atoms with Crippen LogP contribution < -0.4 is 5.32 Å². The third-order valence-electron chi connectivity index (χ3n) is 2.51. The number of fused-ring (bicyclic) bond motifs is 1. The van der Waals surface area contributed by atoms with E-state index in [0.29, 0.717) is 5.57 Å². The van der Waals surface area contributed by atoms with E-state index in [1.165, 1.54) is 5.56 Å². The first-order valence-corrected chi connectivity index (χ1v) is 4.72. The van der Waals surface area contributed by atoms with Crippen molar-refractivity contribution in [1.82, 2.24) is 0 Å². The van der Waals surface area contributed by atoms with Crippen molar-refractivity contribution >= 4 is 11.5 Å². The number of hydrogen-bond acceptors (Lipinski definition) is 2. The van der Waals surface area contributed by atoms with Gasteiger partial charge in [-0.05, 0) is 24.1 Å². The van der Waals surface area contributed by atoms with Crippen LogP contribution in [0.1, 0.15) is 12.5 Å². The summed E-state index contributed by atoms with van der Waals surface area (Å²) in [5.74, 6) is 0.112. The largest absolute Gasteiger partial charge is 0.374 e. The molecule has 0 fully saturated rings. The van der Waals surface area contributed by atoms with Gasteiger partial charge in [0.25, 0.3) is 0 Å². The SMILES string of the molecule is C=C(C)C(=O)C1Cc2ccccc2N1. The van der Waals surface area contributed by atoms with Gasteiger partial charge in [-0.15, -0.1) is 0 Å².